The molecule has 17 heavy (non-hydrogen) atoms. The highest BCUT2D eigenvalue weighted by Gasteiger charge is 2.17. The Labute approximate surface area is 101 Å². The molecule has 0 saturated carbocycles. The molecule has 3 rings (SSSR count). The van der Waals surface area contributed by atoms with Gasteiger partial charge in [-0.15, -0.1) is 10.2 Å². The molecular weight excluding hydrogens is 242 g/mol. The van der Waals surface area contributed by atoms with Crippen LogP contribution in [0, 0.1) is 13.8 Å². The Morgan fingerprint density at radius 3 is 2.76 bits per heavy atom. The molecule has 0 saturated heterocycles. The lowest BCUT2D eigenvalue weighted by molar-refractivity contribution is 0.529. The number of oxazole rings is 1. The van der Waals surface area contributed by atoms with Gasteiger partial charge in [0, 0.05) is 6.92 Å². The van der Waals surface area contributed by atoms with Crippen LogP contribution in [0.4, 0.5) is 0 Å². The van der Waals surface area contributed by atoms with Crippen LogP contribution >= 0.6 is 11.6 Å². The Hall–Kier alpha value is -1.95. The minimum absolute atomic E-state index is 0.427. The molecular formula is C10H8ClN5O. The smallest absolute Gasteiger partial charge is 0.207 e. The fourth-order valence-corrected chi connectivity index (χ4v) is 1.92. The Bertz CT molecular complexity index is 702. The van der Waals surface area contributed by atoms with E-state index in [4.69, 9.17) is 16.0 Å². The summed E-state index contributed by atoms with van der Waals surface area (Å²) >= 11 is 6.07. The molecule has 0 radical (unpaired) electrons. The molecule has 0 aliphatic carbocycles. The Morgan fingerprint density at radius 1 is 1.24 bits per heavy atom. The zero-order chi connectivity index (χ0) is 12.0. The summed E-state index contributed by atoms with van der Waals surface area (Å²) in [6, 6.07) is 0. The van der Waals surface area contributed by atoms with E-state index in [1.807, 2.05) is 6.92 Å². The molecule has 0 aromatic carbocycles. The molecule has 0 aliphatic heterocycles. The molecule has 86 valence electrons. The van der Waals surface area contributed by atoms with E-state index < -0.39 is 0 Å². The van der Waals surface area contributed by atoms with Crippen LogP contribution in [0.25, 0.3) is 17.2 Å². The normalized spacial score (nSPS) is 11.2. The van der Waals surface area contributed by atoms with Crippen molar-refractivity contribution in [2.24, 2.45) is 0 Å². The van der Waals surface area contributed by atoms with Crippen LogP contribution < -0.4 is 0 Å². The average molecular weight is 250 g/mol. The van der Waals surface area contributed by atoms with E-state index in [9.17, 15) is 0 Å². The van der Waals surface area contributed by atoms with E-state index in [1.54, 1.807) is 17.5 Å². The van der Waals surface area contributed by atoms with Gasteiger partial charge in [0.25, 0.3) is 0 Å². The quantitative estimate of drug-likeness (QED) is 0.660. The van der Waals surface area contributed by atoms with E-state index in [1.165, 1.54) is 6.20 Å². The predicted molar refractivity (Wildman–Crippen MR) is 60.8 cm³/mol. The van der Waals surface area contributed by atoms with E-state index in [0.29, 0.717) is 28.3 Å². The molecule has 7 heteroatoms. The summed E-state index contributed by atoms with van der Waals surface area (Å²) in [5.41, 5.74) is 1.32. The zero-order valence-electron chi connectivity index (χ0n) is 9.18. The van der Waals surface area contributed by atoms with E-state index in [2.05, 4.69) is 20.2 Å². The SMILES string of the molecule is Cc1nc(C)c(-c2nnc3cncc(Cl)n23)o1. The molecule has 0 N–H and O–H groups in total. The molecule has 0 bridgehead atoms. The molecule has 0 aliphatic rings. The summed E-state index contributed by atoms with van der Waals surface area (Å²) < 4.78 is 7.18. The summed E-state index contributed by atoms with van der Waals surface area (Å²) in [4.78, 5) is 8.14. The maximum atomic E-state index is 6.07. The first-order valence-corrected chi connectivity index (χ1v) is 5.33. The monoisotopic (exact) mass is 249 g/mol. The second-order valence-electron chi connectivity index (χ2n) is 3.59. The Morgan fingerprint density at radius 2 is 2.06 bits per heavy atom. The summed E-state index contributed by atoms with van der Waals surface area (Å²) in [6.45, 7) is 3.63. The van der Waals surface area contributed by atoms with Gasteiger partial charge in [-0.3, -0.25) is 9.38 Å². The number of rotatable bonds is 1. The molecule has 0 atom stereocenters. The lowest BCUT2D eigenvalue weighted by atomic mass is 10.3. The number of aryl methyl sites for hydroxylation is 2. The zero-order valence-corrected chi connectivity index (χ0v) is 9.93. The highest BCUT2D eigenvalue weighted by Crippen LogP contribution is 2.25. The van der Waals surface area contributed by atoms with Crippen LogP contribution in [0.3, 0.4) is 0 Å². The second-order valence-corrected chi connectivity index (χ2v) is 3.98. The highest BCUT2D eigenvalue weighted by atomic mass is 35.5. The van der Waals surface area contributed by atoms with Crippen molar-refractivity contribution >= 4 is 17.2 Å². The van der Waals surface area contributed by atoms with E-state index in [0.717, 1.165) is 5.69 Å². The van der Waals surface area contributed by atoms with Crippen LogP contribution in [0.1, 0.15) is 11.6 Å². The van der Waals surface area contributed by atoms with Crippen molar-refractivity contribution in [3.8, 4) is 11.6 Å². The average Bonchev–Trinajstić information content (AvgIpc) is 2.83. The van der Waals surface area contributed by atoms with Crippen LogP contribution in [-0.2, 0) is 0 Å². The molecule has 3 heterocycles. The Kier molecular flexibility index (Phi) is 2.12. The summed E-state index contributed by atoms with van der Waals surface area (Å²) in [5.74, 6) is 1.69. The molecule has 3 aromatic heterocycles. The van der Waals surface area contributed by atoms with Crippen LogP contribution in [0.2, 0.25) is 5.15 Å². The topological polar surface area (TPSA) is 69.1 Å². The van der Waals surface area contributed by atoms with Gasteiger partial charge in [0.05, 0.1) is 18.1 Å². The van der Waals surface area contributed by atoms with E-state index in [-0.39, 0.29) is 0 Å². The third-order valence-electron chi connectivity index (χ3n) is 2.38. The first kappa shape index (κ1) is 10.2. The summed E-state index contributed by atoms with van der Waals surface area (Å²) in [6.07, 6.45) is 3.11. The standard InChI is InChI=1S/C10H8ClN5O/c1-5-9(17-6(2)13-5)10-15-14-8-4-12-3-7(11)16(8)10/h3-4H,1-2H3. The van der Waals surface area contributed by atoms with Crippen LogP contribution in [0.5, 0.6) is 0 Å². The second kappa shape index (κ2) is 3.53. The molecule has 0 amide bonds. The van der Waals surface area contributed by atoms with Crippen molar-refractivity contribution in [1.29, 1.82) is 0 Å². The third kappa shape index (κ3) is 1.49. The lowest BCUT2D eigenvalue weighted by Crippen LogP contribution is -1.92. The van der Waals surface area contributed by atoms with Gasteiger partial charge in [-0.25, -0.2) is 4.98 Å². The number of fused-ring (bicyclic) bond motifs is 1. The van der Waals surface area contributed by atoms with E-state index >= 15 is 0 Å². The van der Waals surface area contributed by atoms with Crippen molar-refractivity contribution in [2.45, 2.75) is 13.8 Å². The number of aromatic nitrogens is 5. The minimum atomic E-state index is 0.427. The third-order valence-corrected chi connectivity index (χ3v) is 2.65. The van der Waals surface area contributed by atoms with Gasteiger partial charge in [0.15, 0.2) is 17.3 Å². The van der Waals surface area contributed by atoms with Gasteiger partial charge in [0.1, 0.15) is 5.15 Å². The van der Waals surface area contributed by atoms with Gasteiger partial charge in [-0.05, 0) is 6.92 Å². The molecule has 0 fully saturated rings. The largest absolute Gasteiger partial charge is 0.437 e. The van der Waals surface area contributed by atoms with Gasteiger partial charge >= 0.3 is 0 Å². The fraction of sp³-hybridized carbons (Fsp3) is 0.200. The van der Waals surface area contributed by atoms with Crippen molar-refractivity contribution < 1.29 is 4.42 Å². The van der Waals surface area contributed by atoms with Crippen LogP contribution in [-0.4, -0.2) is 24.6 Å². The van der Waals surface area contributed by atoms with Gasteiger partial charge < -0.3 is 4.42 Å². The highest BCUT2D eigenvalue weighted by molar-refractivity contribution is 6.29. The van der Waals surface area contributed by atoms with Gasteiger partial charge in [-0.2, -0.15) is 0 Å². The van der Waals surface area contributed by atoms with Crippen molar-refractivity contribution in [3.63, 3.8) is 0 Å². The van der Waals surface area contributed by atoms with Crippen molar-refractivity contribution in [1.82, 2.24) is 24.6 Å². The van der Waals surface area contributed by atoms with Gasteiger partial charge in [0.2, 0.25) is 5.82 Å². The minimum Gasteiger partial charge on any atom is -0.437 e. The number of hydrogen-bond donors (Lipinski definition) is 0. The van der Waals surface area contributed by atoms with Crippen molar-refractivity contribution in [3.05, 3.63) is 29.1 Å². The Balaban J connectivity index is 2.35. The lowest BCUT2D eigenvalue weighted by Gasteiger charge is -1.98. The molecule has 3 aromatic rings. The van der Waals surface area contributed by atoms with Gasteiger partial charge in [-0.1, -0.05) is 11.6 Å². The number of halogens is 1. The number of hydrogen-bond acceptors (Lipinski definition) is 5. The molecule has 0 spiro atoms. The first-order chi connectivity index (χ1) is 8.16. The van der Waals surface area contributed by atoms with Crippen LogP contribution in [0.15, 0.2) is 16.8 Å². The summed E-state index contributed by atoms with van der Waals surface area (Å²) in [7, 11) is 0. The molecule has 0 unspecified atom stereocenters. The first-order valence-electron chi connectivity index (χ1n) is 4.96. The van der Waals surface area contributed by atoms with Crippen molar-refractivity contribution in [2.75, 3.05) is 0 Å². The predicted octanol–water partition coefficient (Wildman–Crippen LogP) is 2.05. The number of nitrogens with zero attached hydrogens (tertiary/aromatic N) is 5. The maximum Gasteiger partial charge on any atom is 0.207 e. The fourth-order valence-electron chi connectivity index (χ4n) is 1.70. The summed E-state index contributed by atoms with van der Waals surface area (Å²) in [5, 5.41) is 8.47. The molecule has 6 nitrogen and oxygen atoms in total. The maximum absolute atomic E-state index is 6.07.